The van der Waals surface area contributed by atoms with E-state index in [-0.39, 0.29) is 18.1 Å². The van der Waals surface area contributed by atoms with Crippen LogP contribution < -0.4 is 11.0 Å². The van der Waals surface area contributed by atoms with Crippen LogP contribution in [0.1, 0.15) is 15.9 Å². The van der Waals surface area contributed by atoms with Crippen LogP contribution in [0, 0.1) is 0 Å². The molecule has 8 nitrogen and oxygen atoms in total. The molecule has 0 atom stereocenters. The fraction of sp³-hybridized carbons (Fsp3) is 0.0345. The zero-order valence-electron chi connectivity index (χ0n) is 19.6. The third kappa shape index (κ3) is 4.43. The molecule has 0 spiro atoms. The molecule has 0 fully saturated rings. The van der Waals surface area contributed by atoms with E-state index >= 15 is 0 Å². The second-order valence-electron chi connectivity index (χ2n) is 8.46. The Morgan fingerprint density at radius 1 is 0.892 bits per heavy atom. The minimum absolute atomic E-state index is 0.222. The Morgan fingerprint density at radius 3 is 2.57 bits per heavy atom. The van der Waals surface area contributed by atoms with Gasteiger partial charge in [0.2, 0.25) is 5.89 Å². The number of benzene rings is 3. The Balaban J connectivity index is 1.24. The summed E-state index contributed by atoms with van der Waals surface area (Å²) in [6.45, 7) is 0.277. The van der Waals surface area contributed by atoms with Gasteiger partial charge in [0.15, 0.2) is 11.4 Å². The van der Waals surface area contributed by atoms with Crippen molar-refractivity contribution in [2.24, 2.45) is 0 Å². The van der Waals surface area contributed by atoms with Gasteiger partial charge >= 0.3 is 5.69 Å². The molecule has 6 aromatic rings. The molecule has 1 amide bonds. The van der Waals surface area contributed by atoms with Gasteiger partial charge in [-0.2, -0.15) is 0 Å². The van der Waals surface area contributed by atoms with Crippen LogP contribution in [-0.2, 0) is 6.54 Å². The molecular weight excluding hydrogens is 466 g/mol. The normalized spacial score (nSPS) is 11.0. The van der Waals surface area contributed by atoms with Crippen molar-refractivity contribution in [3.63, 3.8) is 0 Å². The van der Waals surface area contributed by atoms with E-state index in [1.165, 1.54) is 9.08 Å². The van der Waals surface area contributed by atoms with Gasteiger partial charge in [-0.1, -0.05) is 60.7 Å². The zero-order valence-corrected chi connectivity index (χ0v) is 19.6. The summed E-state index contributed by atoms with van der Waals surface area (Å²) in [5.74, 6) is 0.697. The topological polar surface area (TPSA) is 94.4 Å². The van der Waals surface area contributed by atoms with Crippen LogP contribution in [0.5, 0.6) is 0 Å². The number of pyridine rings is 1. The largest absolute Gasteiger partial charge is 0.436 e. The quantitative estimate of drug-likeness (QED) is 0.352. The highest BCUT2D eigenvalue weighted by Crippen LogP contribution is 2.28. The van der Waals surface area contributed by atoms with Crippen LogP contribution in [0.2, 0.25) is 0 Å². The molecule has 3 aromatic carbocycles. The van der Waals surface area contributed by atoms with Gasteiger partial charge in [-0.3, -0.25) is 9.20 Å². The molecule has 0 aliphatic carbocycles. The lowest BCUT2D eigenvalue weighted by atomic mass is 10.1. The Kier molecular flexibility index (Phi) is 5.67. The van der Waals surface area contributed by atoms with Crippen molar-refractivity contribution >= 4 is 17.2 Å². The molecule has 6 rings (SSSR count). The van der Waals surface area contributed by atoms with Crippen molar-refractivity contribution in [3.8, 4) is 22.8 Å². The first-order valence-electron chi connectivity index (χ1n) is 11.7. The molecule has 37 heavy (non-hydrogen) atoms. The lowest BCUT2D eigenvalue weighted by molar-refractivity contribution is 0.102. The minimum Gasteiger partial charge on any atom is -0.436 e. The molecule has 0 bridgehead atoms. The number of amides is 1. The van der Waals surface area contributed by atoms with Gasteiger partial charge in [-0.15, -0.1) is 5.10 Å². The molecule has 0 aliphatic heterocycles. The number of carbonyl (C=O) groups excluding carboxylic acids is 1. The van der Waals surface area contributed by atoms with Gasteiger partial charge in [-0.05, 0) is 42.0 Å². The Hall–Kier alpha value is -5.24. The number of fused-ring (bicyclic) bond motifs is 1. The van der Waals surface area contributed by atoms with E-state index in [4.69, 9.17) is 4.42 Å². The average Bonchev–Trinajstić information content (AvgIpc) is 3.55. The second kappa shape index (κ2) is 9.43. The number of oxazole rings is 1. The van der Waals surface area contributed by atoms with Gasteiger partial charge in [0, 0.05) is 23.0 Å². The summed E-state index contributed by atoms with van der Waals surface area (Å²) >= 11 is 0. The average molecular weight is 488 g/mol. The van der Waals surface area contributed by atoms with E-state index in [0.29, 0.717) is 34.1 Å². The number of rotatable bonds is 6. The summed E-state index contributed by atoms with van der Waals surface area (Å²) in [6.07, 6.45) is 3.34. The lowest BCUT2D eigenvalue weighted by Gasteiger charge is -2.10. The van der Waals surface area contributed by atoms with Crippen molar-refractivity contribution in [1.29, 1.82) is 0 Å². The molecule has 0 aliphatic rings. The number of hydrogen-bond acceptors (Lipinski definition) is 5. The van der Waals surface area contributed by atoms with E-state index in [9.17, 15) is 9.59 Å². The van der Waals surface area contributed by atoms with Gasteiger partial charge in [0.05, 0.1) is 18.3 Å². The first-order valence-corrected chi connectivity index (χ1v) is 11.7. The highest BCUT2D eigenvalue weighted by atomic mass is 16.4. The molecule has 0 radical (unpaired) electrons. The molecule has 8 heteroatoms. The zero-order chi connectivity index (χ0) is 25.2. The molecular formula is C29H21N5O3. The van der Waals surface area contributed by atoms with E-state index in [0.717, 1.165) is 11.1 Å². The van der Waals surface area contributed by atoms with Gasteiger partial charge in [0.25, 0.3) is 5.91 Å². The van der Waals surface area contributed by atoms with Crippen LogP contribution in [0.15, 0.2) is 119 Å². The number of aromatic nitrogens is 4. The summed E-state index contributed by atoms with van der Waals surface area (Å²) in [5, 5.41) is 7.33. The Labute approximate surface area is 211 Å². The summed E-state index contributed by atoms with van der Waals surface area (Å²) < 4.78 is 8.88. The van der Waals surface area contributed by atoms with Crippen molar-refractivity contribution in [2.45, 2.75) is 6.54 Å². The van der Waals surface area contributed by atoms with E-state index < -0.39 is 0 Å². The van der Waals surface area contributed by atoms with Crippen LogP contribution in [0.4, 0.5) is 5.69 Å². The third-order valence-electron chi connectivity index (χ3n) is 5.97. The SMILES string of the molecule is O=C(Nc1cccc(Cn2nc3ccccn3c2=O)c1)c1ccccc1-c1ncc(-c2ccccc2)o1. The number of carbonyl (C=O) groups is 1. The molecule has 180 valence electrons. The molecule has 3 heterocycles. The van der Waals surface area contributed by atoms with Gasteiger partial charge < -0.3 is 9.73 Å². The predicted octanol–water partition coefficient (Wildman–Crippen LogP) is 5.12. The maximum absolute atomic E-state index is 13.3. The van der Waals surface area contributed by atoms with Crippen molar-refractivity contribution < 1.29 is 9.21 Å². The number of hydrogen-bond donors (Lipinski definition) is 1. The van der Waals surface area contributed by atoms with Crippen LogP contribution >= 0.6 is 0 Å². The maximum atomic E-state index is 13.3. The fourth-order valence-corrected chi connectivity index (χ4v) is 4.19. The van der Waals surface area contributed by atoms with Crippen molar-refractivity contribution in [1.82, 2.24) is 19.2 Å². The highest BCUT2D eigenvalue weighted by Gasteiger charge is 2.17. The molecule has 3 aromatic heterocycles. The van der Waals surface area contributed by atoms with Gasteiger partial charge in [0.1, 0.15) is 0 Å². The fourth-order valence-electron chi connectivity index (χ4n) is 4.19. The van der Waals surface area contributed by atoms with Crippen LogP contribution in [0.3, 0.4) is 0 Å². The van der Waals surface area contributed by atoms with Crippen LogP contribution in [-0.4, -0.2) is 25.1 Å². The summed E-state index contributed by atoms with van der Waals surface area (Å²) in [4.78, 5) is 30.3. The Bertz CT molecular complexity index is 1780. The van der Waals surface area contributed by atoms with E-state index in [1.54, 1.807) is 42.7 Å². The number of nitrogens with one attached hydrogen (secondary N) is 1. The molecule has 1 N–H and O–H groups in total. The highest BCUT2D eigenvalue weighted by molar-refractivity contribution is 6.08. The maximum Gasteiger partial charge on any atom is 0.350 e. The van der Waals surface area contributed by atoms with Crippen LogP contribution in [0.25, 0.3) is 28.4 Å². The first kappa shape index (κ1) is 22.2. The van der Waals surface area contributed by atoms with E-state index in [2.05, 4.69) is 15.4 Å². The van der Waals surface area contributed by atoms with Crippen molar-refractivity contribution in [3.05, 3.63) is 131 Å². The minimum atomic E-state index is -0.294. The number of anilines is 1. The molecule has 0 saturated carbocycles. The number of nitrogens with zero attached hydrogens (tertiary/aromatic N) is 4. The monoisotopic (exact) mass is 487 g/mol. The van der Waals surface area contributed by atoms with Gasteiger partial charge in [-0.25, -0.2) is 14.5 Å². The van der Waals surface area contributed by atoms with Crippen molar-refractivity contribution in [2.75, 3.05) is 5.32 Å². The molecule has 0 unspecified atom stereocenters. The molecule has 0 saturated heterocycles. The third-order valence-corrected chi connectivity index (χ3v) is 5.97. The first-order chi connectivity index (χ1) is 18.2. The summed E-state index contributed by atoms with van der Waals surface area (Å²) in [6, 6.07) is 29.6. The summed E-state index contributed by atoms with van der Waals surface area (Å²) in [5.41, 5.74) is 3.73. The Morgan fingerprint density at radius 2 is 1.70 bits per heavy atom. The standard InChI is InChI=1S/C29H21N5O3/c35-27(23-13-4-5-14-24(23)28-30-18-25(37-28)21-10-2-1-3-11-21)31-22-12-8-9-20(17-22)19-34-29(36)33-16-7-6-15-26(33)32-34/h1-18H,19H2,(H,31,35). The predicted molar refractivity (Wildman–Crippen MR) is 140 cm³/mol. The second-order valence-corrected chi connectivity index (χ2v) is 8.46. The summed E-state index contributed by atoms with van der Waals surface area (Å²) in [7, 11) is 0. The lowest BCUT2D eigenvalue weighted by Crippen LogP contribution is -2.21. The van der Waals surface area contributed by atoms with E-state index in [1.807, 2.05) is 66.7 Å². The smallest absolute Gasteiger partial charge is 0.350 e.